The number of imidazole rings is 1. The number of fused-ring (bicyclic) bond motifs is 1. The number of carbonyl (C=O) groups is 2. The molecular formula is C16H12N2O2. The van der Waals surface area contributed by atoms with Gasteiger partial charge in [0, 0.05) is 11.8 Å². The van der Waals surface area contributed by atoms with Gasteiger partial charge in [-0.25, -0.2) is 4.98 Å². The van der Waals surface area contributed by atoms with Gasteiger partial charge in [-0.05, 0) is 19.1 Å². The summed E-state index contributed by atoms with van der Waals surface area (Å²) in [5, 5.41) is 0. The maximum Gasteiger partial charge on any atom is 0.251 e. The minimum absolute atomic E-state index is 0.283. The maximum atomic E-state index is 12.3. The quantitative estimate of drug-likeness (QED) is 0.540. The Bertz CT molecular complexity index is 801. The first-order valence-electron chi connectivity index (χ1n) is 6.24. The zero-order valence-electron chi connectivity index (χ0n) is 10.9. The maximum absolute atomic E-state index is 12.3. The Morgan fingerprint density at radius 2 is 1.75 bits per heavy atom. The Morgan fingerprint density at radius 3 is 2.50 bits per heavy atom. The highest BCUT2D eigenvalue weighted by Crippen LogP contribution is 2.11. The minimum Gasteiger partial charge on any atom is -0.297 e. The van der Waals surface area contributed by atoms with E-state index in [-0.39, 0.29) is 5.69 Å². The lowest BCUT2D eigenvalue weighted by molar-refractivity contribution is 0.0813. The number of aryl methyl sites for hydroxylation is 1. The molecule has 2 heterocycles. The van der Waals surface area contributed by atoms with Crippen molar-refractivity contribution in [2.45, 2.75) is 6.92 Å². The van der Waals surface area contributed by atoms with E-state index in [2.05, 4.69) is 4.98 Å². The van der Waals surface area contributed by atoms with Crippen LogP contribution in [0.2, 0.25) is 0 Å². The van der Waals surface area contributed by atoms with Crippen LogP contribution in [0.5, 0.6) is 0 Å². The van der Waals surface area contributed by atoms with Crippen molar-refractivity contribution in [3.8, 4) is 0 Å². The van der Waals surface area contributed by atoms with Gasteiger partial charge in [-0.1, -0.05) is 35.9 Å². The fourth-order valence-electron chi connectivity index (χ4n) is 2.05. The monoisotopic (exact) mass is 264 g/mol. The fraction of sp³-hybridized carbons (Fsp3) is 0.0625. The standard InChI is InChI=1S/C16H12N2O2/c1-11-5-7-12(8-6-11)15(19)16(20)13-10-17-14-4-2-3-9-18(13)14/h2-10H,1H3. The summed E-state index contributed by atoms with van der Waals surface area (Å²) in [6.45, 7) is 1.93. The van der Waals surface area contributed by atoms with Crippen molar-refractivity contribution in [1.29, 1.82) is 0 Å². The summed E-state index contributed by atoms with van der Waals surface area (Å²) in [4.78, 5) is 28.6. The van der Waals surface area contributed by atoms with Gasteiger partial charge in [0.15, 0.2) is 0 Å². The molecule has 0 amide bonds. The topological polar surface area (TPSA) is 51.4 Å². The van der Waals surface area contributed by atoms with Gasteiger partial charge >= 0.3 is 0 Å². The molecule has 2 aromatic heterocycles. The van der Waals surface area contributed by atoms with E-state index in [1.165, 1.54) is 6.20 Å². The highest BCUT2D eigenvalue weighted by Gasteiger charge is 2.21. The lowest BCUT2D eigenvalue weighted by Gasteiger charge is -2.01. The molecule has 20 heavy (non-hydrogen) atoms. The first-order chi connectivity index (χ1) is 9.66. The molecular weight excluding hydrogens is 252 g/mol. The van der Waals surface area contributed by atoms with E-state index in [0.717, 1.165) is 5.56 Å². The molecule has 0 atom stereocenters. The van der Waals surface area contributed by atoms with E-state index >= 15 is 0 Å². The Hall–Kier alpha value is -2.75. The molecule has 4 heteroatoms. The number of pyridine rings is 1. The largest absolute Gasteiger partial charge is 0.297 e. The first kappa shape index (κ1) is 12.3. The highest BCUT2D eigenvalue weighted by atomic mass is 16.2. The third-order valence-electron chi connectivity index (χ3n) is 3.17. The number of carbonyl (C=O) groups excluding carboxylic acids is 2. The molecule has 0 saturated heterocycles. The molecule has 3 rings (SSSR count). The molecule has 0 aliphatic rings. The van der Waals surface area contributed by atoms with Gasteiger partial charge in [0.1, 0.15) is 11.3 Å². The zero-order chi connectivity index (χ0) is 14.1. The van der Waals surface area contributed by atoms with Gasteiger partial charge in [-0.3, -0.25) is 14.0 Å². The van der Waals surface area contributed by atoms with E-state index in [0.29, 0.717) is 11.2 Å². The van der Waals surface area contributed by atoms with Crippen molar-refractivity contribution < 1.29 is 9.59 Å². The average molecular weight is 264 g/mol. The summed E-state index contributed by atoms with van der Waals surface area (Å²) in [6, 6.07) is 12.4. The number of Topliss-reactive ketones (excluding diaryl/α,β-unsaturated/α-hetero) is 2. The summed E-state index contributed by atoms with van der Waals surface area (Å²) in [5.74, 6) is -1.07. The average Bonchev–Trinajstić information content (AvgIpc) is 2.90. The lowest BCUT2D eigenvalue weighted by atomic mass is 10.0. The smallest absolute Gasteiger partial charge is 0.251 e. The first-order valence-corrected chi connectivity index (χ1v) is 6.24. The second-order valence-corrected chi connectivity index (χ2v) is 4.60. The van der Waals surface area contributed by atoms with Crippen molar-refractivity contribution in [1.82, 2.24) is 9.38 Å². The van der Waals surface area contributed by atoms with Gasteiger partial charge in [0.2, 0.25) is 5.78 Å². The molecule has 3 aromatic rings. The summed E-state index contributed by atoms with van der Waals surface area (Å²) in [6.07, 6.45) is 3.15. The molecule has 0 fully saturated rings. The number of ketones is 2. The minimum atomic E-state index is -0.549. The second-order valence-electron chi connectivity index (χ2n) is 4.60. The number of benzene rings is 1. The molecule has 0 N–H and O–H groups in total. The molecule has 0 bridgehead atoms. The van der Waals surface area contributed by atoms with E-state index in [4.69, 9.17) is 0 Å². The van der Waals surface area contributed by atoms with Crippen LogP contribution >= 0.6 is 0 Å². The van der Waals surface area contributed by atoms with Gasteiger partial charge in [-0.15, -0.1) is 0 Å². The normalized spacial score (nSPS) is 10.7. The molecule has 0 saturated carbocycles. The summed E-state index contributed by atoms with van der Waals surface area (Å²) in [7, 11) is 0. The summed E-state index contributed by atoms with van der Waals surface area (Å²) in [5.41, 5.74) is 2.37. The Morgan fingerprint density at radius 1 is 1.00 bits per heavy atom. The van der Waals surface area contributed by atoms with Crippen LogP contribution in [0, 0.1) is 6.92 Å². The van der Waals surface area contributed by atoms with Gasteiger partial charge in [0.25, 0.3) is 5.78 Å². The Balaban J connectivity index is 2.00. The molecule has 0 aliphatic heterocycles. The predicted molar refractivity (Wildman–Crippen MR) is 75.0 cm³/mol. The molecule has 0 aliphatic carbocycles. The van der Waals surface area contributed by atoms with Gasteiger partial charge in [-0.2, -0.15) is 0 Å². The molecule has 1 aromatic carbocycles. The molecule has 0 radical (unpaired) electrons. The van der Waals surface area contributed by atoms with Crippen LogP contribution in [0.4, 0.5) is 0 Å². The van der Waals surface area contributed by atoms with Crippen LogP contribution < -0.4 is 0 Å². The fourth-order valence-corrected chi connectivity index (χ4v) is 2.05. The van der Waals surface area contributed by atoms with Crippen LogP contribution in [0.15, 0.2) is 54.9 Å². The van der Waals surface area contributed by atoms with E-state index < -0.39 is 11.6 Å². The lowest BCUT2D eigenvalue weighted by Crippen LogP contribution is -2.16. The van der Waals surface area contributed by atoms with Crippen molar-refractivity contribution in [3.63, 3.8) is 0 Å². The van der Waals surface area contributed by atoms with Crippen molar-refractivity contribution in [2.75, 3.05) is 0 Å². The predicted octanol–water partition coefficient (Wildman–Crippen LogP) is 2.71. The molecule has 0 unspecified atom stereocenters. The highest BCUT2D eigenvalue weighted by molar-refractivity contribution is 6.48. The number of nitrogens with zero attached hydrogens (tertiary/aromatic N) is 2. The van der Waals surface area contributed by atoms with Gasteiger partial charge < -0.3 is 0 Å². The summed E-state index contributed by atoms with van der Waals surface area (Å²) < 4.78 is 1.62. The van der Waals surface area contributed by atoms with Crippen LogP contribution in [0.1, 0.15) is 26.4 Å². The van der Waals surface area contributed by atoms with Crippen molar-refractivity contribution >= 4 is 17.2 Å². The number of hydrogen-bond acceptors (Lipinski definition) is 3. The molecule has 4 nitrogen and oxygen atoms in total. The van der Waals surface area contributed by atoms with Crippen molar-refractivity contribution in [3.05, 3.63) is 71.7 Å². The van der Waals surface area contributed by atoms with E-state index in [1.54, 1.807) is 34.9 Å². The summed E-state index contributed by atoms with van der Waals surface area (Å²) >= 11 is 0. The SMILES string of the molecule is Cc1ccc(C(=O)C(=O)c2cnc3ccccn23)cc1. The molecule has 98 valence electrons. The Labute approximate surface area is 115 Å². The van der Waals surface area contributed by atoms with Crippen LogP contribution in [0.3, 0.4) is 0 Å². The molecule has 0 spiro atoms. The van der Waals surface area contributed by atoms with Crippen LogP contribution in [-0.4, -0.2) is 21.0 Å². The third kappa shape index (κ3) is 2.01. The number of hydrogen-bond donors (Lipinski definition) is 0. The second kappa shape index (κ2) is 4.74. The number of aromatic nitrogens is 2. The van der Waals surface area contributed by atoms with E-state index in [9.17, 15) is 9.59 Å². The van der Waals surface area contributed by atoms with E-state index in [1.807, 2.05) is 25.1 Å². The van der Waals surface area contributed by atoms with Gasteiger partial charge in [0.05, 0.1) is 6.20 Å². The number of rotatable bonds is 3. The van der Waals surface area contributed by atoms with Crippen molar-refractivity contribution in [2.24, 2.45) is 0 Å². The third-order valence-corrected chi connectivity index (χ3v) is 3.17. The van der Waals surface area contributed by atoms with Crippen LogP contribution in [-0.2, 0) is 0 Å². The Kier molecular flexibility index (Phi) is 2.91. The zero-order valence-corrected chi connectivity index (χ0v) is 10.9. The van der Waals surface area contributed by atoms with Crippen LogP contribution in [0.25, 0.3) is 5.65 Å².